The van der Waals surface area contributed by atoms with Crippen LogP contribution < -0.4 is 11.1 Å². The minimum Gasteiger partial charge on any atom is -0.346 e. The standard InChI is InChI=1S/C9H19N3O2/c1-7(2)6-12(3)9(14)5-11-8(13)4-10/h7H,4-6,10H2,1-3H3,(H,11,13). The average Bonchev–Trinajstić information content (AvgIpc) is 2.12. The number of nitrogens with two attached hydrogens (primary N) is 1. The second-order valence-electron chi connectivity index (χ2n) is 3.65. The number of rotatable bonds is 5. The van der Waals surface area contributed by atoms with Gasteiger partial charge in [-0.3, -0.25) is 9.59 Å². The highest BCUT2D eigenvalue weighted by Gasteiger charge is 2.10. The van der Waals surface area contributed by atoms with Crippen LogP contribution in [-0.4, -0.2) is 43.4 Å². The first-order chi connectivity index (χ1) is 6.47. The van der Waals surface area contributed by atoms with Crippen LogP contribution >= 0.6 is 0 Å². The Labute approximate surface area is 84.6 Å². The average molecular weight is 201 g/mol. The van der Waals surface area contributed by atoms with E-state index in [9.17, 15) is 9.59 Å². The predicted octanol–water partition coefficient (Wildman–Crippen LogP) is -0.824. The monoisotopic (exact) mass is 201 g/mol. The van der Waals surface area contributed by atoms with E-state index in [1.165, 1.54) is 0 Å². The fourth-order valence-corrected chi connectivity index (χ4v) is 1.03. The Morgan fingerprint density at radius 2 is 2.00 bits per heavy atom. The molecule has 0 fully saturated rings. The van der Waals surface area contributed by atoms with Gasteiger partial charge in [-0.2, -0.15) is 0 Å². The molecule has 0 spiro atoms. The molecular weight excluding hydrogens is 182 g/mol. The highest BCUT2D eigenvalue weighted by Crippen LogP contribution is 1.95. The Balaban J connectivity index is 3.78. The van der Waals surface area contributed by atoms with Crippen LogP contribution in [0, 0.1) is 5.92 Å². The van der Waals surface area contributed by atoms with Gasteiger partial charge in [-0.1, -0.05) is 13.8 Å². The zero-order valence-corrected chi connectivity index (χ0v) is 9.04. The van der Waals surface area contributed by atoms with E-state index in [1.807, 2.05) is 13.8 Å². The van der Waals surface area contributed by atoms with E-state index in [2.05, 4.69) is 5.32 Å². The van der Waals surface area contributed by atoms with Crippen molar-refractivity contribution in [3.63, 3.8) is 0 Å². The number of hydrogen-bond acceptors (Lipinski definition) is 3. The van der Waals surface area contributed by atoms with Crippen LogP contribution in [0.1, 0.15) is 13.8 Å². The molecule has 0 aliphatic heterocycles. The van der Waals surface area contributed by atoms with Crippen molar-refractivity contribution >= 4 is 11.8 Å². The topological polar surface area (TPSA) is 75.4 Å². The first-order valence-electron chi connectivity index (χ1n) is 4.68. The van der Waals surface area contributed by atoms with Gasteiger partial charge < -0.3 is 16.0 Å². The fraction of sp³-hybridized carbons (Fsp3) is 0.778. The maximum atomic E-state index is 11.4. The van der Waals surface area contributed by atoms with Crippen LogP contribution in [0.2, 0.25) is 0 Å². The molecule has 0 radical (unpaired) electrons. The maximum absolute atomic E-state index is 11.4. The van der Waals surface area contributed by atoms with Gasteiger partial charge in [0.05, 0.1) is 13.1 Å². The van der Waals surface area contributed by atoms with Crippen molar-refractivity contribution in [2.45, 2.75) is 13.8 Å². The van der Waals surface area contributed by atoms with Crippen molar-refractivity contribution in [3.05, 3.63) is 0 Å². The quantitative estimate of drug-likeness (QED) is 0.610. The van der Waals surface area contributed by atoms with Gasteiger partial charge in [-0.15, -0.1) is 0 Å². The molecule has 2 amide bonds. The lowest BCUT2D eigenvalue weighted by molar-refractivity contribution is -0.131. The predicted molar refractivity (Wildman–Crippen MR) is 54.5 cm³/mol. The third kappa shape index (κ3) is 5.53. The summed E-state index contributed by atoms with van der Waals surface area (Å²) in [5, 5.41) is 2.43. The Hall–Kier alpha value is -1.10. The van der Waals surface area contributed by atoms with Crippen molar-refractivity contribution in [2.75, 3.05) is 26.7 Å². The van der Waals surface area contributed by atoms with E-state index >= 15 is 0 Å². The van der Waals surface area contributed by atoms with Gasteiger partial charge >= 0.3 is 0 Å². The number of carbonyl (C=O) groups is 2. The first-order valence-corrected chi connectivity index (χ1v) is 4.68. The molecule has 5 heteroatoms. The largest absolute Gasteiger partial charge is 0.346 e. The Bertz CT molecular complexity index is 204. The van der Waals surface area contributed by atoms with Gasteiger partial charge in [-0.25, -0.2) is 0 Å². The van der Waals surface area contributed by atoms with Crippen molar-refractivity contribution in [2.24, 2.45) is 11.7 Å². The summed E-state index contributed by atoms with van der Waals surface area (Å²) in [6, 6.07) is 0. The number of likely N-dealkylation sites (N-methyl/N-ethyl adjacent to an activating group) is 1. The summed E-state index contributed by atoms with van der Waals surface area (Å²) in [7, 11) is 1.72. The summed E-state index contributed by atoms with van der Waals surface area (Å²) >= 11 is 0. The second kappa shape index (κ2) is 6.37. The molecular formula is C9H19N3O2. The molecule has 0 aliphatic carbocycles. The van der Waals surface area contributed by atoms with Gasteiger partial charge in [-0.05, 0) is 5.92 Å². The molecule has 0 saturated carbocycles. The van der Waals surface area contributed by atoms with Crippen LogP contribution in [0.15, 0.2) is 0 Å². The summed E-state index contributed by atoms with van der Waals surface area (Å²) in [5.74, 6) is 0.0194. The van der Waals surface area contributed by atoms with Gasteiger partial charge in [0.15, 0.2) is 0 Å². The maximum Gasteiger partial charge on any atom is 0.241 e. The third-order valence-electron chi connectivity index (χ3n) is 1.69. The normalized spacial score (nSPS) is 10.1. The van der Waals surface area contributed by atoms with Crippen LogP contribution in [0.25, 0.3) is 0 Å². The SMILES string of the molecule is CC(C)CN(C)C(=O)CNC(=O)CN. The van der Waals surface area contributed by atoms with E-state index < -0.39 is 0 Å². The van der Waals surface area contributed by atoms with E-state index in [-0.39, 0.29) is 24.9 Å². The minimum atomic E-state index is -0.309. The van der Waals surface area contributed by atoms with Gasteiger partial charge in [0.25, 0.3) is 0 Å². The van der Waals surface area contributed by atoms with Crippen molar-refractivity contribution in [1.82, 2.24) is 10.2 Å². The number of carbonyl (C=O) groups excluding carboxylic acids is 2. The third-order valence-corrected chi connectivity index (χ3v) is 1.69. The molecule has 0 aromatic carbocycles. The first kappa shape index (κ1) is 12.9. The van der Waals surface area contributed by atoms with Gasteiger partial charge in [0, 0.05) is 13.6 Å². The minimum absolute atomic E-state index is 0.0270. The molecule has 0 atom stereocenters. The molecule has 0 aromatic rings. The zero-order chi connectivity index (χ0) is 11.1. The van der Waals surface area contributed by atoms with Crippen LogP contribution in [0.4, 0.5) is 0 Å². The van der Waals surface area contributed by atoms with E-state index in [0.29, 0.717) is 12.5 Å². The highest BCUT2D eigenvalue weighted by atomic mass is 16.2. The van der Waals surface area contributed by atoms with E-state index in [4.69, 9.17) is 5.73 Å². The Morgan fingerprint density at radius 3 is 2.43 bits per heavy atom. The number of nitrogens with one attached hydrogen (secondary N) is 1. The van der Waals surface area contributed by atoms with Crippen LogP contribution in [0.5, 0.6) is 0 Å². The zero-order valence-electron chi connectivity index (χ0n) is 9.04. The molecule has 5 nitrogen and oxygen atoms in total. The summed E-state index contributed by atoms with van der Waals surface area (Å²) in [4.78, 5) is 23.7. The Kier molecular flexibility index (Phi) is 5.87. The van der Waals surface area contributed by atoms with Crippen molar-refractivity contribution in [3.8, 4) is 0 Å². The van der Waals surface area contributed by atoms with Gasteiger partial charge in [0.1, 0.15) is 0 Å². The van der Waals surface area contributed by atoms with E-state index in [1.54, 1.807) is 11.9 Å². The summed E-state index contributed by atoms with van der Waals surface area (Å²) in [6.45, 7) is 4.70. The molecule has 0 unspecified atom stereocenters. The highest BCUT2D eigenvalue weighted by molar-refractivity contribution is 5.85. The number of amides is 2. The van der Waals surface area contributed by atoms with E-state index in [0.717, 1.165) is 0 Å². The number of hydrogen-bond donors (Lipinski definition) is 2. The molecule has 0 saturated heterocycles. The van der Waals surface area contributed by atoms with Crippen molar-refractivity contribution in [1.29, 1.82) is 0 Å². The summed E-state index contributed by atoms with van der Waals surface area (Å²) < 4.78 is 0. The molecule has 0 aliphatic rings. The smallest absolute Gasteiger partial charge is 0.241 e. The molecule has 0 rings (SSSR count). The lowest BCUT2D eigenvalue weighted by Gasteiger charge is -2.19. The second-order valence-corrected chi connectivity index (χ2v) is 3.65. The molecule has 0 heterocycles. The van der Waals surface area contributed by atoms with Crippen LogP contribution in [0.3, 0.4) is 0 Å². The summed E-state index contributed by atoms with van der Waals surface area (Å²) in [6.07, 6.45) is 0. The fourth-order valence-electron chi connectivity index (χ4n) is 1.03. The lowest BCUT2D eigenvalue weighted by Crippen LogP contribution is -2.41. The number of nitrogens with zero attached hydrogens (tertiary/aromatic N) is 1. The molecule has 0 bridgehead atoms. The molecule has 14 heavy (non-hydrogen) atoms. The molecule has 0 aromatic heterocycles. The Morgan fingerprint density at radius 1 is 1.43 bits per heavy atom. The van der Waals surface area contributed by atoms with Crippen LogP contribution in [-0.2, 0) is 9.59 Å². The molecule has 82 valence electrons. The lowest BCUT2D eigenvalue weighted by atomic mass is 10.2. The van der Waals surface area contributed by atoms with Gasteiger partial charge in [0.2, 0.25) is 11.8 Å². The summed E-state index contributed by atoms with van der Waals surface area (Å²) in [5.41, 5.74) is 5.08. The van der Waals surface area contributed by atoms with Crippen molar-refractivity contribution < 1.29 is 9.59 Å². The molecule has 3 N–H and O–H groups in total.